The number of aliphatic imine (C=N–C) groups is 1. The van der Waals surface area contributed by atoms with E-state index in [0.29, 0.717) is 16.9 Å². The maximum Gasteiger partial charge on any atom is 0.346 e. The molecule has 0 spiro atoms. The van der Waals surface area contributed by atoms with Gasteiger partial charge in [0.25, 0.3) is 0 Å². The lowest BCUT2D eigenvalue weighted by molar-refractivity contribution is -0.140. The molecule has 0 saturated carbocycles. The second kappa shape index (κ2) is 7.59. The number of carbonyl (C=O) groups is 2. The van der Waals surface area contributed by atoms with Gasteiger partial charge in [0.2, 0.25) is 11.7 Å². The molecule has 0 N–H and O–H groups in total. The second-order valence-corrected chi connectivity index (χ2v) is 7.12. The number of ether oxygens (including phenoxy) is 2. The van der Waals surface area contributed by atoms with Gasteiger partial charge >= 0.3 is 5.97 Å². The molecule has 152 valence electrons. The Morgan fingerprint density at radius 2 is 1.83 bits per heavy atom. The third kappa shape index (κ3) is 3.08. The van der Waals surface area contributed by atoms with Crippen molar-refractivity contribution in [3.05, 3.63) is 83.9 Å². The molecular weight excluding hydrogens is 382 g/mol. The number of hydrogen-bond acceptors (Lipinski definition) is 6. The topological polar surface area (TPSA) is 82.8 Å². The minimum Gasteiger partial charge on any atom is -0.497 e. The lowest BCUT2D eigenvalue weighted by Crippen LogP contribution is -2.42. The third-order valence-electron chi connectivity index (χ3n) is 5.39. The highest BCUT2D eigenvalue weighted by Gasteiger charge is 2.55. The van der Waals surface area contributed by atoms with Crippen molar-refractivity contribution in [2.45, 2.75) is 12.5 Å². The van der Waals surface area contributed by atoms with Gasteiger partial charge in [0.05, 0.1) is 13.0 Å². The Hall–Kier alpha value is -3.74. The molecular formula is C23H21N3O4. The molecule has 0 bridgehead atoms. The van der Waals surface area contributed by atoms with Crippen LogP contribution < -0.4 is 4.74 Å². The van der Waals surface area contributed by atoms with Crippen LogP contribution in [0.3, 0.4) is 0 Å². The van der Waals surface area contributed by atoms with Crippen LogP contribution in [0, 0.1) is 5.92 Å². The number of aromatic nitrogens is 2. The van der Waals surface area contributed by atoms with Crippen LogP contribution in [0.5, 0.6) is 5.75 Å². The minimum atomic E-state index is -1.50. The van der Waals surface area contributed by atoms with Gasteiger partial charge in [-0.3, -0.25) is 4.79 Å². The molecule has 0 aliphatic carbocycles. The fourth-order valence-electron chi connectivity index (χ4n) is 3.64. The number of esters is 1. The van der Waals surface area contributed by atoms with Gasteiger partial charge in [0, 0.05) is 25.0 Å². The van der Waals surface area contributed by atoms with E-state index in [9.17, 15) is 9.59 Å². The number of rotatable bonds is 6. The van der Waals surface area contributed by atoms with Crippen molar-refractivity contribution in [3.63, 3.8) is 0 Å². The first kappa shape index (κ1) is 19.6. The van der Waals surface area contributed by atoms with Crippen molar-refractivity contribution >= 4 is 17.7 Å². The summed E-state index contributed by atoms with van der Waals surface area (Å²) in [5.74, 6) is -0.595. The average molecular weight is 403 g/mol. The van der Waals surface area contributed by atoms with E-state index in [1.165, 1.54) is 0 Å². The number of nitrogens with zero attached hydrogens (tertiary/aromatic N) is 3. The summed E-state index contributed by atoms with van der Waals surface area (Å²) in [7, 11) is 3.31. The first-order valence-corrected chi connectivity index (χ1v) is 9.51. The highest BCUT2D eigenvalue weighted by atomic mass is 16.6. The number of methoxy groups -OCH3 is 1. The summed E-state index contributed by atoms with van der Waals surface area (Å²) in [6.45, 7) is 1.69. The van der Waals surface area contributed by atoms with E-state index in [0.717, 1.165) is 0 Å². The monoisotopic (exact) mass is 403 g/mol. The molecule has 2 heterocycles. The molecule has 2 atom stereocenters. The van der Waals surface area contributed by atoms with Crippen molar-refractivity contribution in [2.75, 3.05) is 7.11 Å². The number of hydrogen-bond donors (Lipinski definition) is 0. The van der Waals surface area contributed by atoms with Crippen LogP contribution >= 0.6 is 0 Å². The third-order valence-corrected chi connectivity index (χ3v) is 5.39. The van der Waals surface area contributed by atoms with Crippen molar-refractivity contribution < 1.29 is 19.1 Å². The van der Waals surface area contributed by atoms with Crippen LogP contribution in [0.2, 0.25) is 0 Å². The summed E-state index contributed by atoms with van der Waals surface area (Å²) in [6.07, 6.45) is 3.24. The number of cyclic esters (lactones) is 1. The normalized spacial score (nSPS) is 19.2. The molecule has 2 aromatic carbocycles. The molecule has 0 fully saturated rings. The predicted molar refractivity (Wildman–Crippen MR) is 110 cm³/mol. The molecule has 7 nitrogen and oxygen atoms in total. The quantitative estimate of drug-likeness (QED) is 0.466. The summed E-state index contributed by atoms with van der Waals surface area (Å²) in [4.78, 5) is 35.4. The van der Waals surface area contributed by atoms with Crippen molar-refractivity contribution in [1.29, 1.82) is 0 Å². The lowest BCUT2D eigenvalue weighted by atomic mass is 9.77. The number of imidazole rings is 1. The number of benzene rings is 2. The number of ketones is 1. The molecule has 0 saturated heterocycles. The predicted octanol–water partition coefficient (Wildman–Crippen LogP) is 3.15. The zero-order valence-corrected chi connectivity index (χ0v) is 16.9. The summed E-state index contributed by atoms with van der Waals surface area (Å²) in [6, 6.07) is 16.1. The Labute approximate surface area is 174 Å². The van der Waals surface area contributed by atoms with Gasteiger partial charge in [-0.2, -0.15) is 0 Å². The number of aryl methyl sites for hydroxylation is 1. The standard InChI is InChI=1S/C23H21N3O4/c1-15(19(27)20-24-13-14-26(20)2)23(17-7-5-4-6-8-17)22(28)30-21(25-23)16-9-11-18(29-3)12-10-16/h4-15H,1-3H3/t15?,23-/m1/s1. The van der Waals surface area contributed by atoms with Gasteiger partial charge in [-0.1, -0.05) is 37.3 Å². The Morgan fingerprint density at radius 3 is 2.43 bits per heavy atom. The van der Waals surface area contributed by atoms with E-state index in [-0.39, 0.29) is 17.5 Å². The summed E-state index contributed by atoms with van der Waals surface area (Å²) in [5, 5.41) is 0. The maximum atomic E-state index is 13.3. The highest BCUT2D eigenvalue weighted by molar-refractivity contribution is 6.11. The summed E-state index contributed by atoms with van der Waals surface area (Å²) in [5.41, 5.74) is -0.285. The molecule has 4 rings (SSSR count). The largest absolute Gasteiger partial charge is 0.497 e. The van der Waals surface area contributed by atoms with Crippen molar-refractivity contribution in [2.24, 2.45) is 18.0 Å². The SMILES string of the molecule is COc1ccc(C2=N[C@@](c3ccccc3)(C(C)C(=O)c3nccn3C)C(=O)O2)cc1. The summed E-state index contributed by atoms with van der Waals surface area (Å²) < 4.78 is 12.4. The average Bonchev–Trinajstić information content (AvgIpc) is 3.37. The van der Waals surface area contributed by atoms with Crippen LogP contribution in [0.15, 0.2) is 72.0 Å². The van der Waals surface area contributed by atoms with Gasteiger partial charge in [0.1, 0.15) is 5.75 Å². The van der Waals surface area contributed by atoms with Crippen molar-refractivity contribution in [3.8, 4) is 5.75 Å². The Balaban J connectivity index is 1.83. The van der Waals surface area contributed by atoms with E-state index >= 15 is 0 Å². The van der Waals surface area contributed by atoms with Crippen LogP contribution in [-0.2, 0) is 22.1 Å². The van der Waals surface area contributed by atoms with Gasteiger partial charge in [0.15, 0.2) is 11.4 Å². The first-order chi connectivity index (χ1) is 14.5. The molecule has 0 amide bonds. The fourth-order valence-corrected chi connectivity index (χ4v) is 3.64. The smallest absolute Gasteiger partial charge is 0.346 e. The minimum absolute atomic E-state index is 0.172. The maximum absolute atomic E-state index is 13.3. The molecule has 7 heteroatoms. The second-order valence-electron chi connectivity index (χ2n) is 7.12. The van der Waals surface area contributed by atoms with Crippen LogP contribution in [-0.4, -0.2) is 34.3 Å². The van der Waals surface area contributed by atoms with Crippen molar-refractivity contribution in [1.82, 2.24) is 9.55 Å². The molecule has 1 unspecified atom stereocenters. The van der Waals surface area contributed by atoms with Gasteiger partial charge in [-0.15, -0.1) is 0 Å². The molecule has 1 aliphatic rings. The van der Waals surface area contributed by atoms with E-state index in [2.05, 4.69) is 4.98 Å². The van der Waals surface area contributed by atoms with Crippen LogP contribution in [0.25, 0.3) is 0 Å². The Bertz CT molecular complexity index is 1120. The molecule has 0 radical (unpaired) electrons. The zero-order valence-electron chi connectivity index (χ0n) is 16.9. The zero-order chi connectivity index (χ0) is 21.3. The summed E-state index contributed by atoms with van der Waals surface area (Å²) >= 11 is 0. The lowest BCUT2D eigenvalue weighted by Gasteiger charge is -2.28. The van der Waals surface area contributed by atoms with E-state index in [1.807, 2.05) is 18.2 Å². The highest BCUT2D eigenvalue weighted by Crippen LogP contribution is 2.41. The van der Waals surface area contributed by atoms with E-state index in [4.69, 9.17) is 14.5 Å². The molecule has 1 aliphatic heterocycles. The van der Waals surface area contributed by atoms with Crippen LogP contribution in [0.1, 0.15) is 28.7 Å². The molecule has 1 aromatic heterocycles. The van der Waals surface area contributed by atoms with Gasteiger partial charge < -0.3 is 14.0 Å². The first-order valence-electron chi connectivity index (χ1n) is 9.51. The number of Topliss-reactive ketones (excluding diaryl/α,β-unsaturated/α-hetero) is 1. The Morgan fingerprint density at radius 1 is 1.13 bits per heavy atom. The van der Waals surface area contributed by atoms with E-state index < -0.39 is 17.4 Å². The molecule has 3 aromatic rings. The van der Waals surface area contributed by atoms with E-state index in [1.54, 1.807) is 74.4 Å². The van der Waals surface area contributed by atoms with Gasteiger partial charge in [-0.25, -0.2) is 14.8 Å². The Kier molecular flexibility index (Phi) is 4.95. The molecule has 30 heavy (non-hydrogen) atoms. The number of carbonyl (C=O) groups excluding carboxylic acids is 2. The van der Waals surface area contributed by atoms with Gasteiger partial charge in [-0.05, 0) is 29.8 Å². The fraction of sp³-hybridized carbons (Fsp3) is 0.217. The van der Waals surface area contributed by atoms with Crippen LogP contribution in [0.4, 0.5) is 0 Å².